The van der Waals surface area contributed by atoms with E-state index in [1.54, 1.807) is 6.08 Å². The first-order valence-corrected chi connectivity index (χ1v) is 33.0. The summed E-state index contributed by atoms with van der Waals surface area (Å²) in [6.45, 7) is 4.20. The molecule has 0 aliphatic carbocycles. The second kappa shape index (κ2) is 67.5. The molecule has 444 valence electrons. The molecule has 78 heavy (non-hydrogen) atoms. The van der Waals surface area contributed by atoms with Crippen LogP contribution in [0.2, 0.25) is 0 Å². The third-order valence-corrected chi connectivity index (χ3v) is 14.3. The van der Waals surface area contributed by atoms with Crippen molar-refractivity contribution in [2.24, 2.45) is 0 Å². The molecule has 3 N–H and O–H groups in total. The van der Waals surface area contributed by atoms with Crippen molar-refractivity contribution < 1.29 is 15.0 Å². The lowest BCUT2D eigenvalue weighted by Crippen LogP contribution is -2.45. The number of rotatable bonds is 59. The number of unbranched alkanes of at least 4 members (excludes halogenated alkanes) is 30. The first kappa shape index (κ1) is 74.3. The fraction of sp³-hybridized carbons (Fsp3) is 0.662. The standard InChI is InChI=1S/C74H125NO3/c1-3-5-7-9-11-13-15-17-19-21-23-25-27-29-31-33-34-35-36-37-38-39-40-42-44-46-48-50-52-54-56-58-60-62-64-66-68-70-74(78)75-72(71-76)73(77)69-67-65-63-61-59-57-55-53-51-49-47-45-43-41-32-30-28-26-24-22-20-18-16-14-12-10-8-6-4-2/h5,7,11,13,17,19,23,25,29,31,34-35,37-38,40,42,46,48,52,54,58,60,67,69,72-73,76-77H,3-4,6,8-10,12,14-16,18,20-22,24,26-28,30,32-33,36,39,41,43-45,47,49-51,53,55-57,59,61-66,68,70-71H2,1-2H3,(H,75,78)/b7-5-,13-11-,19-17-,25-23-,31-29-,35-34-,38-37-,42-40-,48-46-,54-52-,60-58-,69-67+. The molecule has 0 saturated carbocycles. The number of hydrogen-bond donors (Lipinski definition) is 3. The van der Waals surface area contributed by atoms with Gasteiger partial charge in [0.15, 0.2) is 0 Å². The van der Waals surface area contributed by atoms with E-state index < -0.39 is 12.1 Å². The zero-order valence-electron chi connectivity index (χ0n) is 51.1. The Morgan fingerprint density at radius 3 is 0.846 bits per heavy atom. The van der Waals surface area contributed by atoms with E-state index in [-0.39, 0.29) is 12.5 Å². The van der Waals surface area contributed by atoms with Gasteiger partial charge in [-0.1, -0.05) is 333 Å². The lowest BCUT2D eigenvalue weighted by molar-refractivity contribution is -0.123. The number of aliphatic hydroxyl groups is 2. The van der Waals surface area contributed by atoms with E-state index in [4.69, 9.17) is 0 Å². The van der Waals surface area contributed by atoms with Gasteiger partial charge >= 0.3 is 0 Å². The maximum Gasteiger partial charge on any atom is 0.220 e. The summed E-state index contributed by atoms with van der Waals surface area (Å²) in [6, 6.07) is -0.653. The third-order valence-electron chi connectivity index (χ3n) is 14.3. The number of allylic oxidation sites excluding steroid dienone is 23. The molecule has 2 unspecified atom stereocenters. The zero-order chi connectivity index (χ0) is 56.2. The molecule has 0 heterocycles. The van der Waals surface area contributed by atoms with Crippen LogP contribution in [-0.4, -0.2) is 34.9 Å². The molecule has 0 radical (unpaired) electrons. The molecule has 0 bridgehead atoms. The Morgan fingerprint density at radius 2 is 0.564 bits per heavy atom. The van der Waals surface area contributed by atoms with Crippen LogP contribution in [0.3, 0.4) is 0 Å². The number of carbonyl (C=O) groups is 1. The normalized spacial score (nSPS) is 13.7. The van der Waals surface area contributed by atoms with Crippen molar-refractivity contribution in [3.05, 3.63) is 146 Å². The molecule has 4 nitrogen and oxygen atoms in total. The van der Waals surface area contributed by atoms with Crippen LogP contribution >= 0.6 is 0 Å². The lowest BCUT2D eigenvalue weighted by Gasteiger charge is -2.19. The Hall–Kier alpha value is -3.73. The largest absolute Gasteiger partial charge is 0.394 e. The molecule has 0 rings (SSSR count). The zero-order valence-corrected chi connectivity index (χ0v) is 51.1. The SMILES string of the molecule is CC/C=C\C/C=C\C/C=C\C/C=C\C/C=C\C/C=C\C/C=C\C/C=C\C/C=C\C/C=C\C/C=C\CCCCCC(=O)NC(CO)C(O)/C=C/CCCCCCCCCCCCCCCCCCCCCCCCCCCCC. The highest BCUT2D eigenvalue weighted by atomic mass is 16.3. The minimum Gasteiger partial charge on any atom is -0.394 e. The molecule has 0 fully saturated rings. The van der Waals surface area contributed by atoms with Gasteiger partial charge in [0.2, 0.25) is 5.91 Å². The molecule has 0 aliphatic rings. The number of nitrogens with one attached hydrogen (secondary N) is 1. The minimum absolute atomic E-state index is 0.0987. The van der Waals surface area contributed by atoms with E-state index in [2.05, 4.69) is 153 Å². The first-order chi connectivity index (χ1) is 38.7. The molecular formula is C74H125NO3. The Balaban J connectivity index is 3.64. The summed E-state index contributed by atoms with van der Waals surface area (Å²) in [5.41, 5.74) is 0. The number of amides is 1. The van der Waals surface area contributed by atoms with Gasteiger partial charge in [0.25, 0.3) is 0 Å². The fourth-order valence-corrected chi connectivity index (χ4v) is 9.36. The number of carbonyl (C=O) groups excluding carboxylic acids is 1. The molecule has 0 aromatic carbocycles. The quantitative estimate of drug-likeness (QED) is 0.0420. The van der Waals surface area contributed by atoms with Crippen LogP contribution in [0.1, 0.15) is 296 Å². The minimum atomic E-state index is -0.866. The summed E-state index contributed by atoms with van der Waals surface area (Å²) in [6.07, 6.45) is 106. The van der Waals surface area contributed by atoms with Crippen LogP contribution in [0.5, 0.6) is 0 Å². The van der Waals surface area contributed by atoms with Crippen molar-refractivity contribution in [3.8, 4) is 0 Å². The molecule has 0 spiro atoms. The van der Waals surface area contributed by atoms with Crippen LogP contribution in [0.25, 0.3) is 0 Å². The molecule has 4 heteroatoms. The summed E-state index contributed by atoms with van der Waals surface area (Å²) < 4.78 is 0. The van der Waals surface area contributed by atoms with E-state index in [0.29, 0.717) is 6.42 Å². The van der Waals surface area contributed by atoms with Gasteiger partial charge < -0.3 is 15.5 Å². The Morgan fingerprint density at radius 1 is 0.321 bits per heavy atom. The smallest absolute Gasteiger partial charge is 0.220 e. The summed E-state index contributed by atoms with van der Waals surface area (Å²) in [5.74, 6) is -0.0987. The second-order valence-corrected chi connectivity index (χ2v) is 21.8. The fourth-order valence-electron chi connectivity index (χ4n) is 9.36. The second-order valence-electron chi connectivity index (χ2n) is 21.8. The van der Waals surface area contributed by atoms with Crippen molar-refractivity contribution >= 4 is 5.91 Å². The van der Waals surface area contributed by atoms with E-state index in [1.807, 2.05) is 6.08 Å². The van der Waals surface area contributed by atoms with Crippen molar-refractivity contribution in [2.75, 3.05) is 6.61 Å². The topological polar surface area (TPSA) is 69.6 Å². The summed E-state index contributed by atoms with van der Waals surface area (Å²) >= 11 is 0. The molecular weight excluding hydrogens is 951 g/mol. The molecule has 0 aromatic heterocycles. The summed E-state index contributed by atoms with van der Waals surface area (Å²) in [4.78, 5) is 12.5. The van der Waals surface area contributed by atoms with Gasteiger partial charge in [-0.15, -0.1) is 0 Å². The summed E-state index contributed by atoms with van der Waals surface area (Å²) in [5, 5.41) is 23.2. The van der Waals surface area contributed by atoms with Crippen molar-refractivity contribution in [1.29, 1.82) is 0 Å². The maximum atomic E-state index is 12.5. The van der Waals surface area contributed by atoms with Crippen LogP contribution in [0.4, 0.5) is 0 Å². The van der Waals surface area contributed by atoms with Gasteiger partial charge in [0.1, 0.15) is 0 Å². The monoisotopic (exact) mass is 1080 g/mol. The Kier molecular flexibility index (Phi) is 64.3. The summed E-state index contributed by atoms with van der Waals surface area (Å²) in [7, 11) is 0. The molecule has 0 aromatic rings. The highest BCUT2D eigenvalue weighted by Crippen LogP contribution is 2.17. The van der Waals surface area contributed by atoms with Gasteiger partial charge in [0.05, 0.1) is 18.8 Å². The van der Waals surface area contributed by atoms with Gasteiger partial charge in [0, 0.05) is 6.42 Å². The van der Waals surface area contributed by atoms with Crippen LogP contribution in [0.15, 0.2) is 146 Å². The molecule has 0 aliphatic heterocycles. The van der Waals surface area contributed by atoms with Crippen molar-refractivity contribution in [3.63, 3.8) is 0 Å². The predicted molar refractivity (Wildman–Crippen MR) is 349 cm³/mol. The third kappa shape index (κ3) is 63.1. The van der Waals surface area contributed by atoms with E-state index in [1.165, 1.54) is 167 Å². The maximum absolute atomic E-state index is 12.5. The first-order valence-electron chi connectivity index (χ1n) is 33.0. The molecule has 1 amide bonds. The van der Waals surface area contributed by atoms with Crippen LogP contribution < -0.4 is 5.32 Å². The Bertz CT molecular complexity index is 1600. The van der Waals surface area contributed by atoms with Crippen LogP contribution in [0, 0.1) is 0 Å². The van der Waals surface area contributed by atoms with E-state index in [0.717, 1.165) is 109 Å². The number of aliphatic hydroxyl groups excluding tert-OH is 2. The van der Waals surface area contributed by atoms with Crippen molar-refractivity contribution in [1.82, 2.24) is 5.32 Å². The highest BCUT2D eigenvalue weighted by Gasteiger charge is 2.18. The van der Waals surface area contributed by atoms with Gasteiger partial charge in [-0.2, -0.15) is 0 Å². The van der Waals surface area contributed by atoms with E-state index in [9.17, 15) is 15.0 Å². The van der Waals surface area contributed by atoms with Gasteiger partial charge in [-0.25, -0.2) is 0 Å². The lowest BCUT2D eigenvalue weighted by atomic mass is 10.0. The van der Waals surface area contributed by atoms with Gasteiger partial charge in [-0.05, 0) is 103 Å². The van der Waals surface area contributed by atoms with E-state index >= 15 is 0 Å². The number of hydrogen-bond acceptors (Lipinski definition) is 3. The predicted octanol–water partition coefficient (Wildman–Crippen LogP) is 22.7. The Labute approximate surface area is 484 Å². The van der Waals surface area contributed by atoms with Gasteiger partial charge in [-0.3, -0.25) is 4.79 Å². The van der Waals surface area contributed by atoms with Crippen LogP contribution in [-0.2, 0) is 4.79 Å². The van der Waals surface area contributed by atoms with Crippen molar-refractivity contribution in [2.45, 2.75) is 309 Å². The average Bonchev–Trinajstić information content (AvgIpc) is 3.44. The molecule has 2 atom stereocenters. The average molecular weight is 1080 g/mol. The highest BCUT2D eigenvalue weighted by molar-refractivity contribution is 5.76. The molecule has 0 saturated heterocycles.